The average molecular weight is 350 g/mol. The summed E-state index contributed by atoms with van der Waals surface area (Å²) in [4.78, 5) is 19.4. The molecule has 3 aromatic rings. The molecule has 0 spiro atoms. The highest BCUT2D eigenvalue weighted by atomic mass is 16.5. The first kappa shape index (κ1) is 17.4. The Balaban J connectivity index is 1.84. The third-order valence-corrected chi connectivity index (χ3v) is 3.60. The van der Waals surface area contributed by atoms with Gasteiger partial charge in [-0.1, -0.05) is 18.2 Å². The number of hydrogen-bond acceptors (Lipinski definition) is 6. The van der Waals surface area contributed by atoms with Gasteiger partial charge in [-0.05, 0) is 30.3 Å². The Morgan fingerprint density at radius 2 is 1.81 bits per heavy atom. The number of carbonyl (C=O) groups is 1. The van der Waals surface area contributed by atoms with E-state index in [-0.39, 0.29) is 12.6 Å². The molecule has 0 aliphatic rings. The maximum Gasteiger partial charge on any atom is 0.303 e. The normalized spacial score (nSPS) is 10.2. The van der Waals surface area contributed by atoms with E-state index in [0.29, 0.717) is 17.3 Å². The van der Waals surface area contributed by atoms with Crippen molar-refractivity contribution < 1.29 is 19.0 Å². The molecule has 2 heterocycles. The van der Waals surface area contributed by atoms with Crippen LogP contribution in [-0.4, -0.2) is 23.0 Å². The highest BCUT2D eigenvalue weighted by Crippen LogP contribution is 2.36. The van der Waals surface area contributed by atoms with Gasteiger partial charge in [-0.3, -0.25) is 9.78 Å². The SMILES string of the molecule is COc1ccccc1-c1cccnc1Oc1ccc(COC(C)=O)nc1. The predicted octanol–water partition coefficient (Wildman–Crippen LogP) is 4.01. The zero-order chi connectivity index (χ0) is 18.4. The van der Waals surface area contributed by atoms with Crippen LogP contribution < -0.4 is 9.47 Å². The van der Waals surface area contributed by atoms with Crippen molar-refractivity contribution in [1.82, 2.24) is 9.97 Å². The molecule has 0 unspecified atom stereocenters. The molecule has 3 rings (SSSR count). The summed E-state index contributed by atoms with van der Waals surface area (Å²) in [5, 5.41) is 0. The molecule has 0 N–H and O–H groups in total. The van der Waals surface area contributed by atoms with Crippen molar-refractivity contribution in [3.63, 3.8) is 0 Å². The van der Waals surface area contributed by atoms with E-state index in [0.717, 1.165) is 16.9 Å². The number of ether oxygens (including phenoxy) is 3. The van der Waals surface area contributed by atoms with Gasteiger partial charge in [-0.25, -0.2) is 4.98 Å². The molecular formula is C20H18N2O4. The predicted molar refractivity (Wildman–Crippen MR) is 96.0 cm³/mol. The van der Waals surface area contributed by atoms with Gasteiger partial charge in [0.15, 0.2) is 0 Å². The van der Waals surface area contributed by atoms with E-state index in [1.54, 1.807) is 31.6 Å². The summed E-state index contributed by atoms with van der Waals surface area (Å²) in [5.41, 5.74) is 2.34. The second kappa shape index (κ2) is 8.11. The van der Waals surface area contributed by atoms with Gasteiger partial charge >= 0.3 is 5.97 Å². The highest BCUT2D eigenvalue weighted by molar-refractivity contribution is 5.74. The number of para-hydroxylation sites is 1. The first-order valence-electron chi connectivity index (χ1n) is 8.02. The summed E-state index contributed by atoms with van der Waals surface area (Å²) >= 11 is 0. The zero-order valence-corrected chi connectivity index (χ0v) is 14.5. The summed E-state index contributed by atoms with van der Waals surface area (Å²) in [5.74, 6) is 1.38. The molecule has 6 nitrogen and oxygen atoms in total. The Labute approximate surface area is 151 Å². The van der Waals surface area contributed by atoms with Crippen molar-refractivity contribution in [1.29, 1.82) is 0 Å². The van der Waals surface area contributed by atoms with Crippen LogP contribution >= 0.6 is 0 Å². The second-order valence-corrected chi connectivity index (χ2v) is 5.42. The van der Waals surface area contributed by atoms with Gasteiger partial charge in [0.2, 0.25) is 5.88 Å². The van der Waals surface area contributed by atoms with Gasteiger partial charge in [-0.2, -0.15) is 0 Å². The number of pyridine rings is 2. The van der Waals surface area contributed by atoms with Crippen molar-refractivity contribution in [2.75, 3.05) is 7.11 Å². The first-order valence-corrected chi connectivity index (χ1v) is 8.02. The summed E-state index contributed by atoms with van der Waals surface area (Å²) in [6.07, 6.45) is 3.23. The van der Waals surface area contributed by atoms with Crippen molar-refractivity contribution >= 4 is 5.97 Å². The number of hydrogen-bond donors (Lipinski definition) is 0. The van der Waals surface area contributed by atoms with Crippen molar-refractivity contribution in [3.8, 4) is 28.5 Å². The van der Waals surface area contributed by atoms with E-state index in [1.165, 1.54) is 6.92 Å². The number of esters is 1. The topological polar surface area (TPSA) is 70.5 Å². The minimum atomic E-state index is -0.345. The summed E-state index contributed by atoms with van der Waals surface area (Å²) in [6.45, 7) is 1.49. The number of nitrogens with zero attached hydrogens (tertiary/aromatic N) is 2. The van der Waals surface area contributed by atoms with Gasteiger partial charge in [0.05, 0.1) is 19.0 Å². The highest BCUT2D eigenvalue weighted by Gasteiger charge is 2.13. The molecule has 0 fully saturated rings. The number of aromatic nitrogens is 2. The van der Waals surface area contributed by atoms with E-state index >= 15 is 0 Å². The fourth-order valence-electron chi connectivity index (χ4n) is 2.39. The molecule has 0 saturated carbocycles. The maximum absolute atomic E-state index is 10.9. The fraction of sp³-hybridized carbons (Fsp3) is 0.150. The molecule has 0 aliphatic carbocycles. The summed E-state index contributed by atoms with van der Waals surface area (Å²) < 4.78 is 16.3. The number of carbonyl (C=O) groups excluding carboxylic acids is 1. The van der Waals surface area contributed by atoms with Gasteiger partial charge in [-0.15, -0.1) is 0 Å². The lowest BCUT2D eigenvalue weighted by atomic mass is 10.1. The third kappa shape index (κ3) is 4.16. The van der Waals surface area contributed by atoms with Gasteiger partial charge < -0.3 is 14.2 Å². The minimum absolute atomic E-state index is 0.131. The van der Waals surface area contributed by atoms with Crippen LogP contribution in [0.5, 0.6) is 17.4 Å². The van der Waals surface area contributed by atoms with Crippen molar-refractivity contribution in [3.05, 3.63) is 66.6 Å². The number of rotatable bonds is 6. The molecule has 0 bridgehead atoms. The first-order chi connectivity index (χ1) is 12.7. The van der Waals surface area contributed by atoms with Crippen LogP contribution in [0.3, 0.4) is 0 Å². The van der Waals surface area contributed by atoms with Gasteiger partial charge in [0.1, 0.15) is 18.1 Å². The summed E-state index contributed by atoms with van der Waals surface area (Å²) in [6, 6.07) is 14.9. The maximum atomic E-state index is 10.9. The van der Waals surface area contributed by atoms with Crippen LogP contribution in [0.1, 0.15) is 12.6 Å². The Morgan fingerprint density at radius 1 is 1.00 bits per heavy atom. The van der Waals surface area contributed by atoms with Crippen LogP contribution in [0.4, 0.5) is 0 Å². The molecule has 6 heteroatoms. The Morgan fingerprint density at radius 3 is 2.54 bits per heavy atom. The largest absolute Gasteiger partial charge is 0.496 e. The van der Waals surface area contributed by atoms with Crippen molar-refractivity contribution in [2.45, 2.75) is 13.5 Å². The Hall–Kier alpha value is -3.41. The quantitative estimate of drug-likeness (QED) is 0.626. The van der Waals surface area contributed by atoms with E-state index in [2.05, 4.69) is 9.97 Å². The molecule has 132 valence electrons. The van der Waals surface area contributed by atoms with Crippen LogP contribution in [-0.2, 0) is 16.1 Å². The average Bonchev–Trinajstić information content (AvgIpc) is 2.68. The fourth-order valence-corrected chi connectivity index (χ4v) is 2.39. The third-order valence-electron chi connectivity index (χ3n) is 3.60. The minimum Gasteiger partial charge on any atom is -0.496 e. The zero-order valence-electron chi connectivity index (χ0n) is 14.5. The Bertz CT molecular complexity index is 894. The molecule has 0 radical (unpaired) electrons. The molecule has 0 aliphatic heterocycles. The van der Waals surface area contributed by atoms with Gasteiger partial charge in [0, 0.05) is 24.2 Å². The molecule has 2 aromatic heterocycles. The van der Waals surface area contributed by atoms with Crippen LogP contribution in [0.15, 0.2) is 60.9 Å². The molecule has 26 heavy (non-hydrogen) atoms. The standard InChI is InChI=1S/C20H18N2O4/c1-14(23)25-13-15-9-10-16(12-22-15)26-20-18(7-5-11-21-20)17-6-3-4-8-19(17)24-2/h3-12H,13H2,1-2H3. The lowest BCUT2D eigenvalue weighted by molar-refractivity contribution is -0.142. The van der Waals surface area contributed by atoms with Crippen LogP contribution in [0, 0.1) is 0 Å². The van der Waals surface area contributed by atoms with Gasteiger partial charge in [0.25, 0.3) is 0 Å². The monoisotopic (exact) mass is 350 g/mol. The van der Waals surface area contributed by atoms with Crippen LogP contribution in [0.25, 0.3) is 11.1 Å². The molecule has 0 saturated heterocycles. The number of methoxy groups -OCH3 is 1. The molecule has 0 atom stereocenters. The lowest BCUT2D eigenvalue weighted by Crippen LogP contribution is -2.00. The van der Waals surface area contributed by atoms with Crippen LogP contribution in [0.2, 0.25) is 0 Å². The van der Waals surface area contributed by atoms with E-state index in [9.17, 15) is 4.79 Å². The van der Waals surface area contributed by atoms with E-state index in [4.69, 9.17) is 14.2 Å². The van der Waals surface area contributed by atoms with Crippen molar-refractivity contribution in [2.24, 2.45) is 0 Å². The van der Waals surface area contributed by atoms with E-state index < -0.39 is 0 Å². The molecule has 0 amide bonds. The smallest absolute Gasteiger partial charge is 0.303 e. The summed E-state index contributed by atoms with van der Waals surface area (Å²) in [7, 11) is 1.63. The lowest BCUT2D eigenvalue weighted by Gasteiger charge is -2.12. The van der Waals surface area contributed by atoms with E-state index in [1.807, 2.05) is 36.4 Å². The molecule has 1 aromatic carbocycles. The second-order valence-electron chi connectivity index (χ2n) is 5.42. The molecular weight excluding hydrogens is 332 g/mol. The Kier molecular flexibility index (Phi) is 5.43. The number of benzene rings is 1.